The molecular formula is C24H23Cl2NO5S. The average Bonchev–Trinajstić information content (AvgIpc) is 2.78. The SMILES string of the molecule is COc1ccc(N(C(=O)CCCOc2ccc(Cl)cc2Cl)S(=O)(=O)c2ccc(C)cc2)cc1. The van der Waals surface area contributed by atoms with Crippen molar-refractivity contribution in [3.63, 3.8) is 0 Å². The highest BCUT2D eigenvalue weighted by Gasteiger charge is 2.30. The quantitative estimate of drug-likeness (QED) is 0.337. The highest BCUT2D eigenvalue weighted by atomic mass is 35.5. The zero-order chi connectivity index (χ0) is 24.0. The van der Waals surface area contributed by atoms with Crippen LogP contribution in [0.4, 0.5) is 5.69 Å². The molecule has 0 aliphatic carbocycles. The minimum absolute atomic E-state index is 0.0291. The number of nitrogens with zero attached hydrogens (tertiary/aromatic N) is 1. The number of methoxy groups -OCH3 is 1. The molecule has 3 aromatic rings. The number of benzene rings is 3. The molecule has 0 fully saturated rings. The Hall–Kier alpha value is -2.74. The summed E-state index contributed by atoms with van der Waals surface area (Å²) in [6.45, 7) is 2.03. The van der Waals surface area contributed by atoms with E-state index in [1.807, 2.05) is 6.92 Å². The van der Waals surface area contributed by atoms with Crippen LogP contribution in [-0.4, -0.2) is 28.0 Å². The zero-order valence-electron chi connectivity index (χ0n) is 18.1. The largest absolute Gasteiger partial charge is 0.497 e. The molecular weight excluding hydrogens is 485 g/mol. The Labute approximate surface area is 203 Å². The van der Waals surface area contributed by atoms with E-state index in [4.69, 9.17) is 32.7 Å². The van der Waals surface area contributed by atoms with Gasteiger partial charge in [0.25, 0.3) is 10.0 Å². The van der Waals surface area contributed by atoms with Crippen molar-refractivity contribution in [2.24, 2.45) is 0 Å². The Morgan fingerprint density at radius 3 is 2.24 bits per heavy atom. The number of ether oxygens (including phenoxy) is 2. The second-order valence-corrected chi connectivity index (χ2v) is 9.83. The lowest BCUT2D eigenvalue weighted by molar-refractivity contribution is -0.117. The lowest BCUT2D eigenvalue weighted by Crippen LogP contribution is -2.37. The van der Waals surface area contributed by atoms with Crippen LogP contribution in [0.1, 0.15) is 18.4 Å². The summed E-state index contributed by atoms with van der Waals surface area (Å²) in [5.41, 5.74) is 1.14. The highest BCUT2D eigenvalue weighted by molar-refractivity contribution is 7.93. The Kier molecular flexibility index (Phi) is 8.24. The fourth-order valence-corrected chi connectivity index (χ4v) is 4.96. The second kappa shape index (κ2) is 10.9. The van der Waals surface area contributed by atoms with Crippen LogP contribution in [0.2, 0.25) is 10.0 Å². The van der Waals surface area contributed by atoms with Gasteiger partial charge in [-0.2, -0.15) is 0 Å². The molecule has 9 heteroatoms. The smallest absolute Gasteiger partial charge is 0.270 e. The van der Waals surface area contributed by atoms with E-state index in [0.717, 1.165) is 9.87 Å². The fourth-order valence-electron chi connectivity index (χ4n) is 3.05. The summed E-state index contributed by atoms with van der Waals surface area (Å²) < 4.78 is 38.3. The molecule has 3 aromatic carbocycles. The van der Waals surface area contributed by atoms with Gasteiger partial charge < -0.3 is 9.47 Å². The predicted octanol–water partition coefficient (Wildman–Crippen LogP) is 5.89. The van der Waals surface area contributed by atoms with Gasteiger partial charge in [0.15, 0.2) is 0 Å². The van der Waals surface area contributed by atoms with Gasteiger partial charge in [0.05, 0.1) is 29.3 Å². The molecule has 0 bridgehead atoms. The monoisotopic (exact) mass is 507 g/mol. The molecule has 174 valence electrons. The number of aryl methyl sites for hydroxylation is 1. The van der Waals surface area contributed by atoms with Gasteiger partial charge in [-0.25, -0.2) is 12.7 Å². The number of sulfonamides is 1. The van der Waals surface area contributed by atoms with E-state index in [1.54, 1.807) is 42.5 Å². The molecule has 6 nitrogen and oxygen atoms in total. The Morgan fingerprint density at radius 1 is 0.970 bits per heavy atom. The van der Waals surface area contributed by atoms with E-state index < -0.39 is 15.9 Å². The van der Waals surface area contributed by atoms with Gasteiger partial charge in [0, 0.05) is 11.4 Å². The van der Waals surface area contributed by atoms with Crippen molar-refractivity contribution in [1.82, 2.24) is 0 Å². The van der Waals surface area contributed by atoms with Gasteiger partial charge in [0.2, 0.25) is 5.91 Å². The summed E-state index contributed by atoms with van der Waals surface area (Å²) in [6.07, 6.45) is 0.232. The zero-order valence-corrected chi connectivity index (χ0v) is 20.5. The topological polar surface area (TPSA) is 72.9 Å². The third kappa shape index (κ3) is 6.19. The standard InChI is InChI=1S/C24H23Cl2NO5S/c1-17-5-12-21(13-6-17)33(29,30)27(19-8-10-20(31-2)11-9-19)24(28)4-3-15-32-23-14-7-18(25)16-22(23)26/h5-14,16H,3-4,15H2,1-2H3. The van der Waals surface area contributed by atoms with Gasteiger partial charge in [-0.05, 0) is 67.9 Å². The summed E-state index contributed by atoms with van der Waals surface area (Å²) >= 11 is 12.0. The number of halogens is 2. The average molecular weight is 508 g/mol. The number of hydrogen-bond donors (Lipinski definition) is 0. The van der Waals surface area contributed by atoms with Crippen LogP contribution in [0.25, 0.3) is 0 Å². The number of hydrogen-bond acceptors (Lipinski definition) is 5. The van der Waals surface area contributed by atoms with E-state index in [9.17, 15) is 13.2 Å². The number of amides is 1. The normalized spacial score (nSPS) is 11.2. The number of anilines is 1. The van der Waals surface area contributed by atoms with Crippen molar-refractivity contribution in [1.29, 1.82) is 0 Å². The number of carbonyl (C=O) groups excluding carboxylic acids is 1. The van der Waals surface area contributed by atoms with Crippen LogP contribution >= 0.6 is 23.2 Å². The summed E-state index contributed by atoms with van der Waals surface area (Å²) in [5.74, 6) is 0.409. The maximum Gasteiger partial charge on any atom is 0.270 e. The van der Waals surface area contributed by atoms with Crippen LogP contribution in [-0.2, 0) is 14.8 Å². The van der Waals surface area contributed by atoms with Crippen LogP contribution < -0.4 is 13.8 Å². The molecule has 0 saturated carbocycles. The lowest BCUT2D eigenvalue weighted by Gasteiger charge is -2.23. The first-order valence-electron chi connectivity index (χ1n) is 10.1. The molecule has 0 heterocycles. The summed E-state index contributed by atoms with van der Waals surface area (Å²) in [6, 6.07) is 17.5. The van der Waals surface area contributed by atoms with Crippen molar-refractivity contribution < 1.29 is 22.7 Å². The molecule has 0 spiro atoms. The Morgan fingerprint density at radius 2 is 1.64 bits per heavy atom. The van der Waals surface area contributed by atoms with Crippen LogP contribution in [0, 0.1) is 6.92 Å². The third-order valence-corrected chi connectivity index (χ3v) is 7.07. The van der Waals surface area contributed by atoms with Crippen LogP contribution in [0.15, 0.2) is 71.6 Å². The van der Waals surface area contributed by atoms with E-state index in [-0.39, 0.29) is 30.0 Å². The van der Waals surface area contributed by atoms with E-state index in [2.05, 4.69) is 0 Å². The second-order valence-electron chi connectivity index (χ2n) is 7.20. The summed E-state index contributed by atoms with van der Waals surface area (Å²) in [5, 5.41) is 0.842. The first-order valence-corrected chi connectivity index (χ1v) is 12.3. The molecule has 0 aromatic heterocycles. The maximum absolute atomic E-state index is 13.4. The number of carbonyl (C=O) groups is 1. The minimum atomic E-state index is -4.12. The Bertz CT molecular complexity index is 1210. The summed E-state index contributed by atoms with van der Waals surface area (Å²) in [4.78, 5) is 13.2. The van der Waals surface area contributed by atoms with E-state index >= 15 is 0 Å². The van der Waals surface area contributed by atoms with Gasteiger partial charge in [-0.1, -0.05) is 40.9 Å². The molecule has 0 radical (unpaired) electrons. The van der Waals surface area contributed by atoms with Gasteiger partial charge >= 0.3 is 0 Å². The molecule has 0 N–H and O–H groups in total. The molecule has 0 unspecified atom stereocenters. The van der Waals surface area contributed by atoms with E-state index in [1.165, 1.54) is 31.4 Å². The van der Waals surface area contributed by atoms with Crippen molar-refractivity contribution in [2.45, 2.75) is 24.7 Å². The van der Waals surface area contributed by atoms with Crippen LogP contribution in [0.5, 0.6) is 11.5 Å². The predicted molar refractivity (Wildman–Crippen MR) is 130 cm³/mol. The van der Waals surface area contributed by atoms with Gasteiger partial charge in [-0.15, -0.1) is 0 Å². The molecule has 0 saturated heterocycles. The van der Waals surface area contributed by atoms with Gasteiger partial charge in [0.1, 0.15) is 11.5 Å². The molecule has 0 aliphatic rings. The molecule has 3 rings (SSSR count). The minimum Gasteiger partial charge on any atom is -0.497 e. The van der Waals surface area contributed by atoms with E-state index in [0.29, 0.717) is 21.5 Å². The number of rotatable bonds is 9. The third-order valence-electron chi connectivity index (χ3n) is 4.78. The summed E-state index contributed by atoms with van der Waals surface area (Å²) in [7, 11) is -2.62. The first-order chi connectivity index (χ1) is 15.7. The fraction of sp³-hybridized carbons (Fsp3) is 0.208. The molecule has 0 atom stereocenters. The van der Waals surface area contributed by atoms with Crippen molar-refractivity contribution in [2.75, 3.05) is 18.0 Å². The van der Waals surface area contributed by atoms with Crippen molar-refractivity contribution in [3.05, 3.63) is 82.3 Å². The lowest BCUT2D eigenvalue weighted by atomic mass is 10.2. The van der Waals surface area contributed by atoms with Gasteiger partial charge in [-0.3, -0.25) is 4.79 Å². The first kappa shape index (κ1) is 24.9. The Balaban J connectivity index is 1.79. The van der Waals surface area contributed by atoms with Crippen molar-refractivity contribution >= 4 is 44.8 Å². The highest BCUT2D eigenvalue weighted by Crippen LogP contribution is 2.29. The van der Waals surface area contributed by atoms with Crippen LogP contribution in [0.3, 0.4) is 0 Å². The molecule has 1 amide bonds. The molecule has 33 heavy (non-hydrogen) atoms. The van der Waals surface area contributed by atoms with Crippen molar-refractivity contribution in [3.8, 4) is 11.5 Å². The molecule has 0 aliphatic heterocycles. The maximum atomic E-state index is 13.4.